The molecule has 0 saturated heterocycles. The number of para-hydroxylation sites is 1. The molecule has 19 heavy (non-hydrogen) atoms. The molecule has 0 fully saturated rings. The maximum Gasteiger partial charge on any atom is 0.323 e. The number of rotatable bonds is 3. The fourth-order valence-electron chi connectivity index (χ4n) is 1.63. The minimum Gasteiger partial charge on any atom is -0.388 e. The van der Waals surface area contributed by atoms with Crippen LogP contribution in [0.5, 0.6) is 0 Å². The van der Waals surface area contributed by atoms with Gasteiger partial charge in [0.25, 0.3) is 0 Å². The van der Waals surface area contributed by atoms with Crippen LogP contribution in [0.1, 0.15) is 0 Å². The van der Waals surface area contributed by atoms with Crippen LogP contribution < -0.4 is 15.6 Å². The van der Waals surface area contributed by atoms with E-state index in [1.807, 2.05) is 36.4 Å². The molecule has 0 aliphatic rings. The van der Waals surface area contributed by atoms with Gasteiger partial charge in [-0.25, -0.2) is 0 Å². The molecule has 0 radical (unpaired) electrons. The van der Waals surface area contributed by atoms with E-state index in [-0.39, 0.29) is 16.6 Å². The molecule has 1 heterocycles. The Labute approximate surface area is 117 Å². The predicted molar refractivity (Wildman–Crippen MR) is 78.1 cm³/mol. The molecular formula is C14H14N3OS+. The predicted octanol–water partition coefficient (Wildman–Crippen LogP) is 1.63. The van der Waals surface area contributed by atoms with Gasteiger partial charge in [0.05, 0.1) is 0 Å². The fourth-order valence-corrected chi connectivity index (χ4v) is 1.84. The molecule has 5 heteroatoms. The van der Waals surface area contributed by atoms with Gasteiger partial charge in [0.2, 0.25) is 0 Å². The molecular weight excluding hydrogens is 258 g/mol. The summed E-state index contributed by atoms with van der Waals surface area (Å²) in [4.78, 5) is 12.2. The molecule has 0 spiro atoms. The second-order valence-corrected chi connectivity index (χ2v) is 4.32. The summed E-state index contributed by atoms with van der Waals surface area (Å²) in [6.45, 7) is 0. The Hall–Kier alpha value is -2.27. The van der Waals surface area contributed by atoms with Gasteiger partial charge in [-0.05, 0) is 12.1 Å². The third kappa shape index (κ3) is 3.35. The Balaban J connectivity index is 2.27. The summed E-state index contributed by atoms with van der Waals surface area (Å²) < 4.78 is 1.63. The second kappa shape index (κ2) is 6.06. The topological polar surface area (TPSA) is 59.0 Å². The number of nitrogens with zero attached hydrogens (tertiary/aromatic N) is 1. The normalized spacial score (nSPS) is 11.6. The number of aromatic nitrogens is 1. The Bertz CT molecular complexity index is 593. The summed E-state index contributed by atoms with van der Waals surface area (Å²) in [5, 5.41) is 2.93. The Morgan fingerprint density at radius 1 is 1.05 bits per heavy atom. The lowest BCUT2D eigenvalue weighted by atomic mass is 10.3. The van der Waals surface area contributed by atoms with E-state index >= 15 is 0 Å². The van der Waals surface area contributed by atoms with E-state index in [1.54, 1.807) is 29.1 Å². The number of pyridine rings is 1. The van der Waals surface area contributed by atoms with Crippen LogP contribution >= 0.6 is 12.6 Å². The molecule has 0 saturated carbocycles. The maximum atomic E-state index is 12.2. The van der Waals surface area contributed by atoms with Gasteiger partial charge >= 0.3 is 11.6 Å². The molecule has 1 amide bonds. The molecule has 0 aliphatic carbocycles. The lowest BCUT2D eigenvalue weighted by Gasteiger charge is -2.05. The van der Waals surface area contributed by atoms with Crippen LogP contribution in [0.25, 0.3) is 5.70 Å². The Morgan fingerprint density at radius 3 is 2.21 bits per heavy atom. The van der Waals surface area contributed by atoms with Crippen LogP contribution in [-0.2, 0) is 4.79 Å². The molecule has 1 aromatic carbocycles. The zero-order valence-corrected chi connectivity index (χ0v) is 11.0. The largest absolute Gasteiger partial charge is 0.388 e. The number of nitrogens with two attached hydrogens (primary N) is 1. The van der Waals surface area contributed by atoms with Gasteiger partial charge in [0, 0.05) is 17.8 Å². The van der Waals surface area contributed by atoms with E-state index in [2.05, 4.69) is 17.9 Å². The van der Waals surface area contributed by atoms with Crippen molar-refractivity contribution in [2.24, 2.45) is 5.73 Å². The van der Waals surface area contributed by atoms with Crippen molar-refractivity contribution < 1.29 is 9.36 Å². The number of anilines is 1. The van der Waals surface area contributed by atoms with Crippen molar-refractivity contribution in [2.45, 2.75) is 0 Å². The number of carbonyl (C=O) groups is 1. The maximum absolute atomic E-state index is 12.2. The zero-order chi connectivity index (χ0) is 13.7. The number of hydrogen-bond donors (Lipinski definition) is 3. The Morgan fingerprint density at radius 2 is 1.63 bits per heavy atom. The molecule has 0 aliphatic heterocycles. The minimum absolute atomic E-state index is 0.157. The monoisotopic (exact) mass is 272 g/mol. The van der Waals surface area contributed by atoms with Crippen LogP contribution in [0.4, 0.5) is 5.69 Å². The highest BCUT2D eigenvalue weighted by atomic mass is 32.1. The van der Waals surface area contributed by atoms with Gasteiger partial charge in [-0.2, -0.15) is 4.57 Å². The number of nitrogens with one attached hydrogen (secondary N) is 1. The summed E-state index contributed by atoms with van der Waals surface area (Å²) >= 11 is 4.09. The average Bonchev–Trinajstić information content (AvgIpc) is 2.40. The molecule has 0 unspecified atom stereocenters. The van der Waals surface area contributed by atoms with Crippen molar-refractivity contribution in [1.82, 2.24) is 0 Å². The molecule has 3 N–H and O–H groups in total. The first-order valence-electron chi connectivity index (χ1n) is 5.70. The standard InChI is InChI=1S/C14H13N3OS/c15-13(19)12(17-9-5-2-6-10-17)14(18)16-11-7-3-1-4-8-11/h1-10H,(H3-,15,16,18,19)/p+1. The molecule has 2 rings (SSSR count). The zero-order valence-electron chi connectivity index (χ0n) is 10.2. The van der Waals surface area contributed by atoms with Crippen molar-refractivity contribution in [3.8, 4) is 0 Å². The van der Waals surface area contributed by atoms with Crippen LogP contribution in [0, 0.1) is 0 Å². The van der Waals surface area contributed by atoms with Crippen LogP contribution in [0.3, 0.4) is 0 Å². The number of amides is 1. The highest BCUT2D eigenvalue weighted by Gasteiger charge is 2.22. The third-order valence-electron chi connectivity index (χ3n) is 2.46. The van der Waals surface area contributed by atoms with Gasteiger partial charge in [-0.1, -0.05) is 24.3 Å². The van der Waals surface area contributed by atoms with Crippen LogP contribution in [0.2, 0.25) is 0 Å². The van der Waals surface area contributed by atoms with E-state index < -0.39 is 0 Å². The lowest BCUT2D eigenvalue weighted by molar-refractivity contribution is -0.577. The molecule has 0 atom stereocenters. The van der Waals surface area contributed by atoms with E-state index in [4.69, 9.17) is 5.73 Å². The van der Waals surface area contributed by atoms with E-state index in [0.717, 1.165) is 0 Å². The minimum atomic E-state index is -0.310. The highest BCUT2D eigenvalue weighted by Crippen LogP contribution is 2.09. The third-order valence-corrected chi connectivity index (χ3v) is 2.67. The molecule has 4 nitrogen and oxygen atoms in total. The van der Waals surface area contributed by atoms with E-state index in [9.17, 15) is 4.79 Å². The first kappa shape index (κ1) is 13.2. The smallest absolute Gasteiger partial charge is 0.323 e. The quantitative estimate of drug-likeness (QED) is 0.452. The summed E-state index contributed by atoms with van der Waals surface area (Å²) in [6.07, 6.45) is 3.48. The van der Waals surface area contributed by atoms with Crippen molar-refractivity contribution in [2.75, 3.05) is 5.32 Å². The van der Waals surface area contributed by atoms with Gasteiger partial charge in [0.15, 0.2) is 12.4 Å². The summed E-state index contributed by atoms with van der Waals surface area (Å²) in [5.41, 5.74) is 6.68. The Kier molecular flexibility index (Phi) is 4.20. The van der Waals surface area contributed by atoms with Crippen molar-refractivity contribution in [3.05, 3.63) is 66.0 Å². The number of carbonyl (C=O) groups excluding carboxylic acids is 1. The average molecular weight is 272 g/mol. The van der Waals surface area contributed by atoms with Crippen LogP contribution in [-0.4, -0.2) is 5.91 Å². The van der Waals surface area contributed by atoms with E-state index in [0.29, 0.717) is 5.69 Å². The summed E-state index contributed by atoms with van der Waals surface area (Å²) in [5.74, 6) is -0.310. The lowest BCUT2D eigenvalue weighted by Crippen LogP contribution is -2.39. The number of thiol groups is 1. The van der Waals surface area contributed by atoms with Gasteiger partial charge in [-0.15, -0.1) is 12.6 Å². The van der Waals surface area contributed by atoms with Crippen molar-refractivity contribution in [1.29, 1.82) is 0 Å². The highest BCUT2D eigenvalue weighted by molar-refractivity contribution is 7.84. The first-order valence-corrected chi connectivity index (χ1v) is 6.15. The summed E-state index contributed by atoms with van der Waals surface area (Å²) in [7, 11) is 0. The SMILES string of the molecule is N/C(S)=C(\C(=O)Nc1ccccc1)[n+]1ccccc1. The number of benzene rings is 1. The first-order chi connectivity index (χ1) is 9.18. The van der Waals surface area contributed by atoms with Gasteiger partial charge in [-0.3, -0.25) is 4.79 Å². The van der Waals surface area contributed by atoms with Crippen LogP contribution in [0.15, 0.2) is 66.0 Å². The van der Waals surface area contributed by atoms with Crippen molar-refractivity contribution >= 4 is 29.9 Å². The van der Waals surface area contributed by atoms with Crippen molar-refractivity contribution in [3.63, 3.8) is 0 Å². The summed E-state index contributed by atoms with van der Waals surface area (Å²) in [6, 6.07) is 14.7. The second-order valence-electron chi connectivity index (χ2n) is 3.84. The van der Waals surface area contributed by atoms with Gasteiger partial charge in [0.1, 0.15) is 5.03 Å². The molecule has 0 bridgehead atoms. The molecule has 96 valence electrons. The number of hydrogen-bond acceptors (Lipinski definition) is 3. The molecule has 1 aromatic heterocycles. The fraction of sp³-hybridized carbons (Fsp3) is 0. The van der Waals surface area contributed by atoms with E-state index in [1.165, 1.54) is 0 Å². The van der Waals surface area contributed by atoms with Gasteiger partial charge < -0.3 is 11.1 Å². The molecule has 2 aromatic rings.